The predicted octanol–water partition coefficient (Wildman–Crippen LogP) is 3.49. The molecule has 8 nitrogen and oxygen atoms in total. The normalized spacial score (nSPS) is 16.1. The van der Waals surface area contributed by atoms with Crippen LogP contribution in [0.25, 0.3) is 0 Å². The molecule has 0 spiro atoms. The van der Waals surface area contributed by atoms with Crippen LogP contribution >= 0.6 is 0 Å². The number of hydrogen-bond donors (Lipinski definition) is 0. The van der Waals surface area contributed by atoms with E-state index in [9.17, 15) is 18.5 Å². The van der Waals surface area contributed by atoms with Crippen molar-refractivity contribution in [1.29, 1.82) is 5.26 Å². The first kappa shape index (κ1) is 21.7. The fourth-order valence-corrected chi connectivity index (χ4v) is 4.95. The number of nitrogens with zero attached hydrogens (tertiary/aromatic N) is 4. The number of nitro benzene ring substituents is 1. The van der Waals surface area contributed by atoms with Gasteiger partial charge < -0.3 is 4.90 Å². The van der Waals surface area contributed by atoms with E-state index in [1.54, 1.807) is 23.1 Å². The first-order chi connectivity index (χ1) is 14.3. The lowest BCUT2D eigenvalue weighted by Crippen LogP contribution is -2.48. The molecule has 1 aliphatic heterocycles. The van der Waals surface area contributed by atoms with Gasteiger partial charge in [0.25, 0.3) is 5.69 Å². The summed E-state index contributed by atoms with van der Waals surface area (Å²) in [6.07, 6.45) is 0.982. The van der Waals surface area contributed by atoms with Crippen molar-refractivity contribution in [3.63, 3.8) is 0 Å². The molecule has 9 heteroatoms. The van der Waals surface area contributed by atoms with Crippen molar-refractivity contribution in [3.05, 3.63) is 63.7 Å². The van der Waals surface area contributed by atoms with Gasteiger partial charge in [0.1, 0.15) is 5.69 Å². The fourth-order valence-electron chi connectivity index (χ4n) is 3.53. The number of benzene rings is 2. The molecule has 1 heterocycles. The summed E-state index contributed by atoms with van der Waals surface area (Å²) >= 11 is 0. The molecule has 1 unspecified atom stereocenters. The Hall–Kier alpha value is -2.96. The molecule has 1 atom stereocenters. The van der Waals surface area contributed by atoms with E-state index in [4.69, 9.17) is 5.26 Å². The quantitative estimate of drug-likeness (QED) is 0.515. The van der Waals surface area contributed by atoms with Gasteiger partial charge in [0, 0.05) is 32.2 Å². The zero-order valence-corrected chi connectivity index (χ0v) is 17.8. The molecule has 1 saturated heterocycles. The first-order valence-corrected chi connectivity index (χ1v) is 11.3. The molecule has 0 radical (unpaired) electrons. The van der Waals surface area contributed by atoms with Crippen LogP contribution in [0.5, 0.6) is 0 Å². The van der Waals surface area contributed by atoms with Crippen LogP contribution in [0.2, 0.25) is 0 Å². The van der Waals surface area contributed by atoms with E-state index in [1.807, 2.05) is 18.2 Å². The Kier molecular flexibility index (Phi) is 6.39. The minimum atomic E-state index is -3.62. The minimum absolute atomic E-state index is 0.147. The Morgan fingerprint density at radius 3 is 2.30 bits per heavy atom. The van der Waals surface area contributed by atoms with Crippen LogP contribution in [0.4, 0.5) is 11.4 Å². The van der Waals surface area contributed by atoms with Gasteiger partial charge in [-0.25, -0.2) is 8.42 Å². The molecule has 30 heavy (non-hydrogen) atoms. The third-order valence-electron chi connectivity index (χ3n) is 5.58. The van der Waals surface area contributed by atoms with Crippen LogP contribution in [0.3, 0.4) is 0 Å². The van der Waals surface area contributed by atoms with E-state index in [-0.39, 0.29) is 29.2 Å². The van der Waals surface area contributed by atoms with Crippen molar-refractivity contribution in [2.75, 3.05) is 31.1 Å². The number of anilines is 1. The van der Waals surface area contributed by atoms with E-state index in [0.29, 0.717) is 24.7 Å². The van der Waals surface area contributed by atoms with Gasteiger partial charge in [-0.1, -0.05) is 26.0 Å². The van der Waals surface area contributed by atoms with E-state index in [0.717, 1.165) is 12.0 Å². The monoisotopic (exact) mass is 428 g/mol. The van der Waals surface area contributed by atoms with Crippen LogP contribution in [0, 0.1) is 21.4 Å². The van der Waals surface area contributed by atoms with Crippen molar-refractivity contribution >= 4 is 21.4 Å². The second-order valence-corrected chi connectivity index (χ2v) is 9.28. The van der Waals surface area contributed by atoms with Gasteiger partial charge >= 0.3 is 0 Å². The minimum Gasteiger partial charge on any atom is -0.363 e. The lowest BCUT2D eigenvalue weighted by Gasteiger charge is -2.35. The molecule has 0 saturated carbocycles. The van der Waals surface area contributed by atoms with Crippen molar-refractivity contribution in [2.24, 2.45) is 0 Å². The van der Waals surface area contributed by atoms with Crippen LogP contribution < -0.4 is 4.90 Å². The summed E-state index contributed by atoms with van der Waals surface area (Å²) in [5.41, 5.74) is 1.57. The Balaban J connectivity index is 1.75. The molecular weight excluding hydrogens is 404 g/mol. The molecule has 1 aliphatic rings. The summed E-state index contributed by atoms with van der Waals surface area (Å²) < 4.78 is 27.4. The summed E-state index contributed by atoms with van der Waals surface area (Å²) in [6, 6.07) is 13.2. The van der Waals surface area contributed by atoms with Gasteiger partial charge in [0.15, 0.2) is 0 Å². The maximum atomic E-state index is 13.0. The Morgan fingerprint density at radius 2 is 1.77 bits per heavy atom. The van der Waals surface area contributed by atoms with Crippen molar-refractivity contribution < 1.29 is 13.3 Å². The Labute approximate surface area is 176 Å². The van der Waals surface area contributed by atoms with Crippen LogP contribution in [0.15, 0.2) is 47.4 Å². The van der Waals surface area contributed by atoms with Gasteiger partial charge in [-0.15, -0.1) is 0 Å². The topological polar surface area (TPSA) is 108 Å². The highest BCUT2D eigenvalue weighted by Gasteiger charge is 2.30. The van der Waals surface area contributed by atoms with E-state index in [2.05, 4.69) is 13.8 Å². The molecule has 0 amide bonds. The smallest absolute Gasteiger partial charge is 0.293 e. The average molecular weight is 429 g/mol. The molecule has 2 aromatic carbocycles. The molecule has 0 bridgehead atoms. The van der Waals surface area contributed by atoms with E-state index >= 15 is 0 Å². The number of hydrogen-bond acceptors (Lipinski definition) is 6. The van der Waals surface area contributed by atoms with Gasteiger partial charge in [-0.2, -0.15) is 9.57 Å². The highest BCUT2D eigenvalue weighted by molar-refractivity contribution is 7.89. The maximum absolute atomic E-state index is 13.0. The van der Waals surface area contributed by atoms with Gasteiger partial charge in [-0.05, 0) is 42.2 Å². The summed E-state index contributed by atoms with van der Waals surface area (Å²) in [5.74, 6) is 0.369. The van der Waals surface area contributed by atoms with Crippen molar-refractivity contribution in [2.45, 2.75) is 31.1 Å². The number of nitro groups is 1. The summed E-state index contributed by atoms with van der Waals surface area (Å²) in [6.45, 7) is 5.31. The van der Waals surface area contributed by atoms with Crippen molar-refractivity contribution in [3.8, 4) is 6.07 Å². The van der Waals surface area contributed by atoms with Gasteiger partial charge in [-0.3, -0.25) is 10.1 Å². The molecule has 158 valence electrons. The lowest BCUT2D eigenvalue weighted by molar-refractivity contribution is -0.384. The second-order valence-electron chi connectivity index (χ2n) is 7.34. The zero-order valence-electron chi connectivity index (χ0n) is 17.0. The molecule has 3 rings (SSSR count). The van der Waals surface area contributed by atoms with Crippen molar-refractivity contribution in [1.82, 2.24) is 4.31 Å². The number of rotatable bonds is 6. The number of sulfonamides is 1. The molecular formula is C21H24N4O4S. The molecule has 1 fully saturated rings. The Bertz CT molecular complexity index is 1070. The third-order valence-corrected chi connectivity index (χ3v) is 7.49. The van der Waals surface area contributed by atoms with E-state index in [1.165, 1.54) is 16.4 Å². The van der Waals surface area contributed by atoms with Gasteiger partial charge in [0.2, 0.25) is 10.0 Å². The number of nitriles is 1. The zero-order chi connectivity index (χ0) is 21.9. The molecule has 0 aromatic heterocycles. The number of piperazine rings is 1. The molecule has 0 aliphatic carbocycles. The Morgan fingerprint density at radius 1 is 1.13 bits per heavy atom. The van der Waals surface area contributed by atoms with Crippen LogP contribution in [0.1, 0.15) is 37.3 Å². The maximum Gasteiger partial charge on any atom is 0.293 e. The summed E-state index contributed by atoms with van der Waals surface area (Å²) in [4.78, 5) is 12.9. The summed E-state index contributed by atoms with van der Waals surface area (Å²) in [5, 5.41) is 20.4. The fraction of sp³-hybridized carbons (Fsp3) is 0.381. The SMILES string of the molecule is CCC(C)c1ccc(S(=O)(=O)N2CCN(c3ccc(C#N)cc3[N+](=O)[O-])CC2)cc1. The van der Waals surface area contributed by atoms with Gasteiger partial charge in [0.05, 0.1) is 21.5 Å². The molecule has 0 N–H and O–H groups in total. The second kappa shape index (κ2) is 8.81. The van der Waals surface area contributed by atoms with E-state index < -0.39 is 14.9 Å². The van der Waals surface area contributed by atoms with Crippen LogP contribution in [-0.2, 0) is 10.0 Å². The largest absolute Gasteiger partial charge is 0.363 e. The summed E-state index contributed by atoms with van der Waals surface area (Å²) in [7, 11) is -3.62. The highest BCUT2D eigenvalue weighted by Crippen LogP contribution is 2.31. The molecule has 2 aromatic rings. The third kappa shape index (κ3) is 4.30. The highest BCUT2D eigenvalue weighted by atomic mass is 32.2. The first-order valence-electron chi connectivity index (χ1n) is 9.81. The van der Waals surface area contributed by atoms with Crippen LogP contribution in [-0.4, -0.2) is 43.8 Å². The predicted molar refractivity (Wildman–Crippen MR) is 114 cm³/mol. The standard InChI is InChI=1S/C21H24N4O4S/c1-3-16(2)18-5-7-19(8-6-18)30(28,29)24-12-10-23(11-13-24)20-9-4-17(15-22)14-21(20)25(26)27/h4-9,14,16H,3,10-13H2,1-2H3. The average Bonchev–Trinajstić information content (AvgIpc) is 2.78. The lowest BCUT2D eigenvalue weighted by atomic mass is 9.99.